The van der Waals surface area contributed by atoms with Gasteiger partial charge in [0.15, 0.2) is 0 Å². The summed E-state index contributed by atoms with van der Waals surface area (Å²) in [6.07, 6.45) is 1.55. The quantitative estimate of drug-likeness (QED) is 0.707. The molecule has 0 N–H and O–H groups in total. The number of rotatable bonds is 2. The van der Waals surface area contributed by atoms with Crippen molar-refractivity contribution < 1.29 is 4.79 Å². The number of hydrogen-bond acceptors (Lipinski definition) is 2. The van der Waals surface area contributed by atoms with E-state index in [1.165, 1.54) is 11.3 Å². The average Bonchev–Trinajstić information content (AvgIpc) is 2.47. The molecule has 0 amide bonds. The Kier molecular flexibility index (Phi) is 2.61. The smallest absolute Gasteiger partial charge is 0.121 e. The number of para-hydroxylation sites is 1. The molecule has 0 fully saturated rings. The predicted molar refractivity (Wildman–Crippen MR) is 66.5 cm³/mol. The van der Waals surface area contributed by atoms with Crippen molar-refractivity contribution in [2.45, 2.75) is 32.2 Å². The molecule has 1 aromatic carbocycles. The van der Waals surface area contributed by atoms with Crippen molar-refractivity contribution in [3.05, 3.63) is 35.9 Å². The summed E-state index contributed by atoms with van der Waals surface area (Å²) in [5, 5.41) is 0. The fourth-order valence-corrected chi connectivity index (χ4v) is 2.48. The summed E-state index contributed by atoms with van der Waals surface area (Å²) in [6.45, 7) is 7.35. The van der Waals surface area contributed by atoms with E-state index in [4.69, 9.17) is 0 Å². The Bertz CT molecular complexity index is 444. The van der Waals surface area contributed by atoms with Crippen LogP contribution < -0.4 is 4.90 Å². The van der Waals surface area contributed by atoms with Crippen molar-refractivity contribution in [3.63, 3.8) is 0 Å². The molecule has 0 bridgehead atoms. The van der Waals surface area contributed by atoms with E-state index in [1.807, 2.05) is 12.0 Å². The van der Waals surface area contributed by atoms with Crippen LogP contribution in [0.5, 0.6) is 0 Å². The number of anilines is 1. The van der Waals surface area contributed by atoms with E-state index in [1.54, 1.807) is 6.08 Å². The van der Waals surface area contributed by atoms with Crippen LogP contribution in [0.25, 0.3) is 0 Å². The first-order valence-corrected chi connectivity index (χ1v) is 5.64. The summed E-state index contributed by atoms with van der Waals surface area (Å²) < 4.78 is 0. The van der Waals surface area contributed by atoms with Gasteiger partial charge < -0.3 is 4.90 Å². The molecule has 0 spiro atoms. The van der Waals surface area contributed by atoms with Crippen LogP contribution in [0.1, 0.15) is 26.3 Å². The number of fused-ring (bicyclic) bond motifs is 1. The highest BCUT2D eigenvalue weighted by Crippen LogP contribution is 2.44. The zero-order valence-electron chi connectivity index (χ0n) is 10.0. The Morgan fingerprint density at radius 3 is 2.81 bits per heavy atom. The van der Waals surface area contributed by atoms with E-state index in [-0.39, 0.29) is 5.41 Å². The van der Waals surface area contributed by atoms with Gasteiger partial charge in [0.1, 0.15) is 5.94 Å². The molecule has 0 aliphatic carbocycles. The van der Waals surface area contributed by atoms with Crippen molar-refractivity contribution in [2.75, 3.05) is 11.4 Å². The molecule has 1 aliphatic rings. The molecule has 2 heteroatoms. The molecule has 0 saturated carbocycles. The second-order valence-electron chi connectivity index (χ2n) is 4.89. The van der Waals surface area contributed by atoms with Crippen LogP contribution in [0.2, 0.25) is 0 Å². The van der Waals surface area contributed by atoms with E-state index in [0.717, 1.165) is 0 Å². The highest BCUT2D eigenvalue weighted by atomic mass is 16.1. The molecule has 0 aromatic heterocycles. The Balaban J connectivity index is 2.46. The Morgan fingerprint density at radius 1 is 1.44 bits per heavy atom. The molecule has 1 unspecified atom stereocenters. The maximum absolute atomic E-state index is 10.3. The van der Waals surface area contributed by atoms with Gasteiger partial charge in [0.05, 0.1) is 0 Å². The van der Waals surface area contributed by atoms with Crippen molar-refractivity contribution in [2.24, 2.45) is 0 Å². The first kappa shape index (κ1) is 11.0. The lowest BCUT2D eigenvalue weighted by Gasteiger charge is -2.30. The van der Waals surface area contributed by atoms with Crippen molar-refractivity contribution >= 4 is 11.6 Å². The summed E-state index contributed by atoms with van der Waals surface area (Å²) in [5.74, 6) is 1.86. The summed E-state index contributed by atoms with van der Waals surface area (Å²) in [4.78, 5) is 12.6. The van der Waals surface area contributed by atoms with E-state index in [9.17, 15) is 4.79 Å². The van der Waals surface area contributed by atoms with Crippen molar-refractivity contribution in [1.29, 1.82) is 0 Å². The highest BCUT2D eigenvalue weighted by molar-refractivity contribution is 5.64. The van der Waals surface area contributed by atoms with Gasteiger partial charge >= 0.3 is 0 Å². The van der Waals surface area contributed by atoms with Crippen molar-refractivity contribution in [3.8, 4) is 0 Å². The monoisotopic (exact) mass is 215 g/mol. The summed E-state index contributed by atoms with van der Waals surface area (Å²) in [7, 11) is 0. The lowest BCUT2D eigenvalue weighted by atomic mass is 9.81. The fourth-order valence-electron chi connectivity index (χ4n) is 2.48. The van der Waals surface area contributed by atoms with Gasteiger partial charge in [0, 0.05) is 29.8 Å². The number of hydrogen-bond donors (Lipinski definition) is 0. The van der Waals surface area contributed by atoms with Gasteiger partial charge in [-0.05, 0) is 18.6 Å². The van der Waals surface area contributed by atoms with Crippen LogP contribution >= 0.6 is 0 Å². The minimum atomic E-state index is 0.132. The molecule has 2 rings (SSSR count). The average molecular weight is 215 g/mol. The molecule has 0 radical (unpaired) electrons. The molecule has 0 saturated heterocycles. The Morgan fingerprint density at radius 2 is 2.12 bits per heavy atom. The normalized spacial score (nSPS) is 21.4. The zero-order chi connectivity index (χ0) is 11.8. The van der Waals surface area contributed by atoms with Crippen LogP contribution in [0, 0.1) is 0 Å². The molecule has 1 atom stereocenters. The molecule has 2 nitrogen and oxygen atoms in total. The maximum Gasteiger partial charge on any atom is 0.121 e. The lowest BCUT2D eigenvalue weighted by Crippen LogP contribution is -2.39. The first-order valence-electron chi connectivity index (χ1n) is 5.64. The van der Waals surface area contributed by atoms with Gasteiger partial charge in [-0.25, -0.2) is 4.79 Å². The van der Waals surface area contributed by atoms with Gasteiger partial charge in [-0.15, -0.1) is 0 Å². The van der Waals surface area contributed by atoms with E-state index in [0.29, 0.717) is 12.6 Å². The molecular weight excluding hydrogens is 198 g/mol. The van der Waals surface area contributed by atoms with Crippen LogP contribution in [-0.2, 0) is 10.2 Å². The van der Waals surface area contributed by atoms with Crippen LogP contribution in [-0.4, -0.2) is 18.5 Å². The third-order valence-electron chi connectivity index (χ3n) is 3.79. The lowest BCUT2D eigenvalue weighted by molar-refractivity contribution is 0.448. The van der Waals surface area contributed by atoms with Gasteiger partial charge in [-0.3, -0.25) is 0 Å². The maximum atomic E-state index is 10.3. The molecule has 16 heavy (non-hydrogen) atoms. The second kappa shape index (κ2) is 3.80. The minimum absolute atomic E-state index is 0.132. The van der Waals surface area contributed by atoms with E-state index >= 15 is 0 Å². The number of carbonyl (C=O) groups excluding carboxylic acids is 1. The van der Waals surface area contributed by atoms with Gasteiger partial charge in [0.25, 0.3) is 0 Å². The standard InChI is InChI=1S/C14H17NO/c1-11-14(2,3)12-7-4-5-8-13(12)15(11)9-6-10-16/h4-8,11H,9H2,1-3H3. The van der Waals surface area contributed by atoms with Gasteiger partial charge in [0.2, 0.25) is 0 Å². The third-order valence-corrected chi connectivity index (χ3v) is 3.79. The Labute approximate surface area is 96.6 Å². The number of nitrogens with zero attached hydrogens (tertiary/aromatic N) is 1. The molecule has 1 heterocycles. The zero-order valence-corrected chi connectivity index (χ0v) is 10.0. The number of benzene rings is 1. The summed E-state index contributed by atoms with van der Waals surface area (Å²) in [6, 6.07) is 8.82. The Hall–Kier alpha value is -1.53. The summed E-state index contributed by atoms with van der Waals surface area (Å²) in [5.41, 5.74) is 2.74. The topological polar surface area (TPSA) is 20.3 Å². The van der Waals surface area contributed by atoms with E-state index < -0.39 is 0 Å². The molecular formula is C14H17NO. The largest absolute Gasteiger partial charge is 0.363 e. The second-order valence-corrected chi connectivity index (χ2v) is 4.89. The van der Waals surface area contributed by atoms with Crippen LogP contribution in [0.15, 0.2) is 30.3 Å². The van der Waals surface area contributed by atoms with E-state index in [2.05, 4.69) is 43.9 Å². The van der Waals surface area contributed by atoms with Crippen LogP contribution in [0.3, 0.4) is 0 Å². The van der Waals surface area contributed by atoms with Crippen molar-refractivity contribution in [1.82, 2.24) is 0 Å². The SMILES string of the molecule is CC1N(CC=C=O)c2ccccc2C1(C)C. The molecule has 1 aliphatic heterocycles. The summed E-state index contributed by atoms with van der Waals surface area (Å²) >= 11 is 0. The van der Waals surface area contributed by atoms with Gasteiger partial charge in [-0.2, -0.15) is 0 Å². The third kappa shape index (κ3) is 1.46. The fraction of sp³-hybridized carbons (Fsp3) is 0.429. The molecule has 1 aromatic rings. The first-order chi connectivity index (χ1) is 7.59. The highest BCUT2D eigenvalue weighted by Gasteiger charge is 2.40. The van der Waals surface area contributed by atoms with Crippen LogP contribution in [0.4, 0.5) is 5.69 Å². The molecule has 84 valence electrons. The predicted octanol–water partition coefficient (Wildman–Crippen LogP) is 2.56. The van der Waals surface area contributed by atoms with Gasteiger partial charge in [-0.1, -0.05) is 32.0 Å². The minimum Gasteiger partial charge on any atom is -0.363 e.